The standard InChI is InChI=1S/C26H24Cl2N4O2S2/c1-2-35-14-6-5-13-32(35)20-10-12-25(23(28)16-20)36(33,34)31-19-9-11-22(27)21(15-19)26-29-17-18-7-3-4-8-24(18)30-26/h2-4,7-12,15-17,31H,5-6,13-14H2,1H3. The van der Waals surface area contributed by atoms with Crippen LogP contribution in [-0.4, -0.2) is 36.1 Å². The Morgan fingerprint density at radius 3 is 2.67 bits per heavy atom. The maximum absolute atomic E-state index is 13.3. The number of para-hydroxylation sites is 1. The summed E-state index contributed by atoms with van der Waals surface area (Å²) in [4.78, 5) is 9.01. The van der Waals surface area contributed by atoms with Crippen molar-refractivity contribution in [2.24, 2.45) is 0 Å². The van der Waals surface area contributed by atoms with E-state index in [-0.39, 0.29) is 20.6 Å². The van der Waals surface area contributed by atoms with E-state index in [0.29, 0.717) is 22.1 Å². The topological polar surface area (TPSA) is 75.2 Å². The third-order valence-corrected chi connectivity index (χ3v) is 10.4. The second-order valence-electron chi connectivity index (χ2n) is 8.32. The second kappa shape index (κ2) is 10.4. The zero-order valence-corrected chi connectivity index (χ0v) is 22.6. The number of hydrogen-bond acceptors (Lipinski definition) is 5. The molecule has 0 spiro atoms. The predicted molar refractivity (Wildman–Crippen MR) is 153 cm³/mol. The lowest BCUT2D eigenvalue weighted by Crippen LogP contribution is -2.24. The van der Waals surface area contributed by atoms with Gasteiger partial charge in [-0.3, -0.25) is 4.72 Å². The van der Waals surface area contributed by atoms with Gasteiger partial charge in [-0.25, -0.2) is 18.4 Å². The maximum atomic E-state index is 13.3. The van der Waals surface area contributed by atoms with Crippen LogP contribution in [0.25, 0.3) is 22.3 Å². The van der Waals surface area contributed by atoms with Crippen molar-refractivity contribution in [1.82, 2.24) is 9.97 Å². The average Bonchev–Trinajstić information content (AvgIpc) is 2.89. The van der Waals surface area contributed by atoms with Crippen molar-refractivity contribution in [3.05, 3.63) is 76.9 Å². The lowest BCUT2D eigenvalue weighted by molar-refractivity contribution is 0.601. The van der Waals surface area contributed by atoms with E-state index in [1.807, 2.05) is 30.3 Å². The number of nitrogens with zero attached hydrogens (tertiary/aromatic N) is 3. The van der Waals surface area contributed by atoms with E-state index in [2.05, 4.69) is 31.3 Å². The van der Waals surface area contributed by atoms with E-state index in [4.69, 9.17) is 23.2 Å². The van der Waals surface area contributed by atoms with Crippen LogP contribution in [-0.2, 0) is 10.0 Å². The minimum atomic E-state index is -3.95. The molecule has 0 bridgehead atoms. The Hall–Kier alpha value is -2.65. The Bertz CT molecular complexity index is 1590. The normalized spacial score (nSPS) is 16.4. The van der Waals surface area contributed by atoms with E-state index in [1.54, 1.807) is 36.5 Å². The van der Waals surface area contributed by atoms with Crippen LogP contribution in [0.2, 0.25) is 10.0 Å². The molecule has 1 fully saturated rings. The van der Waals surface area contributed by atoms with Crippen molar-refractivity contribution in [3.8, 4) is 11.4 Å². The Labute approximate surface area is 223 Å². The Kier molecular flexibility index (Phi) is 7.21. The number of nitrogens with one attached hydrogen (secondary N) is 1. The fourth-order valence-electron chi connectivity index (χ4n) is 4.18. The van der Waals surface area contributed by atoms with Crippen molar-refractivity contribution in [2.45, 2.75) is 24.7 Å². The molecule has 2 heterocycles. The fourth-order valence-corrected chi connectivity index (χ4v) is 7.93. The maximum Gasteiger partial charge on any atom is 0.263 e. The first-order chi connectivity index (χ1) is 17.4. The molecule has 1 N–H and O–H groups in total. The van der Waals surface area contributed by atoms with Crippen molar-refractivity contribution in [1.29, 1.82) is 0 Å². The largest absolute Gasteiger partial charge is 0.322 e. The van der Waals surface area contributed by atoms with Crippen LogP contribution < -0.4 is 9.03 Å². The van der Waals surface area contributed by atoms with Crippen LogP contribution in [0.3, 0.4) is 0 Å². The summed E-state index contributed by atoms with van der Waals surface area (Å²) in [7, 11) is -3.93. The number of rotatable bonds is 5. The van der Waals surface area contributed by atoms with Crippen molar-refractivity contribution >= 4 is 71.5 Å². The Morgan fingerprint density at radius 1 is 1.03 bits per heavy atom. The van der Waals surface area contributed by atoms with E-state index in [1.165, 1.54) is 6.42 Å². The summed E-state index contributed by atoms with van der Waals surface area (Å²) in [6, 6.07) is 17.6. The summed E-state index contributed by atoms with van der Waals surface area (Å²) in [5.74, 6) is 1.52. The SMILES string of the molecule is C/C=S1/CCCCN1c1ccc(S(=O)(=O)Nc2ccc(Cl)c(-c3ncc4ccccc4n3)c2)c(Cl)c1. The monoisotopic (exact) mass is 558 g/mol. The summed E-state index contributed by atoms with van der Waals surface area (Å²) in [5.41, 5.74) is 2.57. The smallest absolute Gasteiger partial charge is 0.263 e. The van der Waals surface area contributed by atoms with Crippen LogP contribution in [0.1, 0.15) is 19.8 Å². The van der Waals surface area contributed by atoms with Gasteiger partial charge in [-0.1, -0.05) is 52.1 Å². The molecule has 1 atom stereocenters. The van der Waals surface area contributed by atoms with Gasteiger partial charge in [0.25, 0.3) is 10.0 Å². The van der Waals surface area contributed by atoms with Crippen LogP contribution in [0.4, 0.5) is 11.4 Å². The van der Waals surface area contributed by atoms with Gasteiger partial charge in [0.15, 0.2) is 5.82 Å². The van der Waals surface area contributed by atoms with E-state index in [0.717, 1.165) is 35.3 Å². The zero-order chi connectivity index (χ0) is 25.3. The van der Waals surface area contributed by atoms with Gasteiger partial charge in [0.1, 0.15) is 4.90 Å². The molecule has 36 heavy (non-hydrogen) atoms. The minimum Gasteiger partial charge on any atom is -0.322 e. The molecule has 3 aromatic carbocycles. The molecule has 4 aromatic rings. The molecule has 1 saturated heterocycles. The summed E-state index contributed by atoms with van der Waals surface area (Å²) < 4.78 is 31.4. The molecule has 0 aliphatic carbocycles. The van der Waals surface area contributed by atoms with Gasteiger partial charge in [0, 0.05) is 40.8 Å². The van der Waals surface area contributed by atoms with Gasteiger partial charge in [-0.05, 0) is 67.6 Å². The number of fused-ring (bicyclic) bond motifs is 1. The Morgan fingerprint density at radius 2 is 1.86 bits per heavy atom. The highest BCUT2D eigenvalue weighted by Gasteiger charge is 2.22. The van der Waals surface area contributed by atoms with Gasteiger partial charge in [0.05, 0.1) is 15.6 Å². The number of halogens is 2. The average molecular weight is 560 g/mol. The molecule has 0 amide bonds. The lowest BCUT2D eigenvalue weighted by atomic mass is 10.1. The van der Waals surface area contributed by atoms with Crippen molar-refractivity contribution in [3.63, 3.8) is 0 Å². The van der Waals surface area contributed by atoms with E-state index in [9.17, 15) is 8.42 Å². The number of hydrogen-bond donors (Lipinski definition) is 1. The third kappa shape index (κ3) is 5.09. The molecular formula is C26H24Cl2N4O2S2. The molecular weight excluding hydrogens is 535 g/mol. The number of aromatic nitrogens is 2. The van der Waals surface area contributed by atoms with E-state index < -0.39 is 10.0 Å². The zero-order valence-electron chi connectivity index (χ0n) is 19.5. The van der Waals surface area contributed by atoms with Crippen LogP contribution in [0.15, 0.2) is 71.8 Å². The molecule has 6 nitrogen and oxygen atoms in total. The van der Waals surface area contributed by atoms with E-state index >= 15 is 0 Å². The predicted octanol–water partition coefficient (Wildman–Crippen LogP) is 7.01. The minimum absolute atomic E-state index is 0.0174. The second-order valence-corrected chi connectivity index (χ2v) is 12.9. The first-order valence-electron chi connectivity index (χ1n) is 11.5. The Balaban J connectivity index is 1.44. The van der Waals surface area contributed by atoms with Crippen LogP contribution in [0, 0.1) is 0 Å². The van der Waals surface area contributed by atoms with Gasteiger partial charge in [-0.2, -0.15) is 0 Å². The molecule has 1 aliphatic heterocycles. The number of sulfonamides is 1. The molecule has 0 saturated carbocycles. The molecule has 0 radical (unpaired) electrons. The first-order valence-corrected chi connectivity index (χ1v) is 15.1. The lowest BCUT2D eigenvalue weighted by Gasteiger charge is -2.32. The molecule has 1 aliphatic rings. The highest BCUT2D eigenvalue weighted by atomic mass is 35.5. The summed E-state index contributed by atoms with van der Waals surface area (Å²) >= 11 is 12.9. The molecule has 1 unspecified atom stereocenters. The van der Waals surface area contributed by atoms with Crippen molar-refractivity contribution < 1.29 is 8.42 Å². The van der Waals surface area contributed by atoms with Gasteiger partial charge in [0.2, 0.25) is 0 Å². The van der Waals surface area contributed by atoms with Gasteiger partial charge >= 0.3 is 0 Å². The van der Waals surface area contributed by atoms with Crippen LogP contribution in [0.5, 0.6) is 0 Å². The molecule has 5 rings (SSSR count). The molecule has 1 aromatic heterocycles. The van der Waals surface area contributed by atoms with Gasteiger partial charge < -0.3 is 4.31 Å². The molecule has 10 heteroatoms. The van der Waals surface area contributed by atoms with Crippen molar-refractivity contribution in [2.75, 3.05) is 21.3 Å². The number of benzene rings is 3. The van der Waals surface area contributed by atoms with Gasteiger partial charge in [-0.15, -0.1) is 0 Å². The molecule has 186 valence electrons. The summed E-state index contributed by atoms with van der Waals surface area (Å²) in [6.45, 7) is 2.99. The summed E-state index contributed by atoms with van der Waals surface area (Å²) in [5, 5.41) is 3.70. The third-order valence-electron chi connectivity index (χ3n) is 5.96. The highest BCUT2D eigenvalue weighted by Crippen LogP contribution is 2.37. The summed E-state index contributed by atoms with van der Waals surface area (Å²) in [6.07, 6.45) is 4.02. The van der Waals surface area contributed by atoms with Crippen LogP contribution >= 0.6 is 33.9 Å². The fraction of sp³-hybridized carbons (Fsp3) is 0.192. The first kappa shape index (κ1) is 25.0. The number of anilines is 2. The highest BCUT2D eigenvalue weighted by molar-refractivity contribution is 8.16. The quantitative estimate of drug-likeness (QED) is 0.266.